The van der Waals surface area contributed by atoms with Crippen LogP contribution in [0.2, 0.25) is 0 Å². The van der Waals surface area contributed by atoms with Gasteiger partial charge in [0, 0.05) is 6.04 Å². The van der Waals surface area contributed by atoms with Crippen LogP contribution < -0.4 is 5.73 Å². The van der Waals surface area contributed by atoms with Gasteiger partial charge in [-0.15, -0.1) is 5.10 Å². The van der Waals surface area contributed by atoms with Crippen molar-refractivity contribution in [3.63, 3.8) is 0 Å². The zero-order chi connectivity index (χ0) is 12.3. The maximum Gasteiger partial charge on any atom is 0.208 e. The number of hydrogen-bond acceptors (Lipinski definition) is 5. The molecule has 1 heterocycles. The molecule has 0 bridgehead atoms. The molecule has 0 spiro atoms. The number of H-pyrrole nitrogens is 1. The maximum atomic E-state index is 9.36. The van der Waals surface area contributed by atoms with E-state index < -0.39 is 0 Å². The van der Waals surface area contributed by atoms with Crippen molar-refractivity contribution < 1.29 is 5.11 Å². The second-order valence-electron chi connectivity index (χ2n) is 4.93. The Labute approximate surface area is 100 Å². The molecule has 0 aliphatic heterocycles. The van der Waals surface area contributed by atoms with Crippen LogP contribution in [0.4, 0.5) is 0 Å². The molecule has 0 aliphatic rings. The van der Waals surface area contributed by atoms with Crippen LogP contribution in [0, 0.1) is 12.3 Å². The van der Waals surface area contributed by atoms with Crippen molar-refractivity contribution in [2.24, 2.45) is 11.1 Å². The van der Waals surface area contributed by atoms with Crippen LogP contribution in [0.15, 0.2) is 5.16 Å². The SMILES string of the molecule is Cc1nc(SC(CO)C(N)C(C)(C)C)n[nH]1. The lowest BCUT2D eigenvalue weighted by atomic mass is 9.85. The standard InChI is InChI=1S/C10H20N4OS/c1-6-12-9(14-13-6)16-7(5-15)8(11)10(2,3)4/h7-8,15H,5,11H2,1-4H3,(H,12,13,14). The summed E-state index contributed by atoms with van der Waals surface area (Å²) in [6, 6.07) is -0.110. The van der Waals surface area contributed by atoms with E-state index in [1.54, 1.807) is 0 Å². The third-order valence-corrected chi connectivity index (χ3v) is 3.55. The summed E-state index contributed by atoms with van der Waals surface area (Å²) < 4.78 is 0. The highest BCUT2D eigenvalue weighted by Crippen LogP contribution is 2.29. The van der Waals surface area contributed by atoms with Gasteiger partial charge in [0.1, 0.15) is 5.82 Å². The molecule has 4 N–H and O–H groups in total. The summed E-state index contributed by atoms with van der Waals surface area (Å²) in [7, 11) is 0. The molecule has 1 rings (SSSR count). The van der Waals surface area contributed by atoms with Crippen LogP contribution in [-0.4, -0.2) is 38.2 Å². The summed E-state index contributed by atoms with van der Waals surface area (Å²) in [6.45, 7) is 8.05. The molecule has 6 heteroatoms. The van der Waals surface area contributed by atoms with Crippen LogP contribution in [0.1, 0.15) is 26.6 Å². The number of thioether (sulfide) groups is 1. The Morgan fingerprint density at radius 3 is 2.50 bits per heavy atom. The number of aliphatic hydroxyl groups is 1. The van der Waals surface area contributed by atoms with E-state index in [1.807, 2.05) is 6.92 Å². The second-order valence-corrected chi connectivity index (χ2v) is 6.14. The van der Waals surface area contributed by atoms with Gasteiger partial charge in [-0.1, -0.05) is 32.5 Å². The summed E-state index contributed by atoms with van der Waals surface area (Å²) in [6.07, 6.45) is 0. The first kappa shape index (κ1) is 13.5. The van der Waals surface area contributed by atoms with E-state index in [0.29, 0.717) is 5.16 Å². The molecule has 0 saturated heterocycles. The van der Waals surface area contributed by atoms with Gasteiger partial charge in [0.2, 0.25) is 5.16 Å². The van der Waals surface area contributed by atoms with Crippen molar-refractivity contribution in [2.75, 3.05) is 6.61 Å². The van der Waals surface area contributed by atoms with E-state index in [1.165, 1.54) is 11.8 Å². The third-order valence-electron chi connectivity index (χ3n) is 2.41. The first-order valence-electron chi connectivity index (χ1n) is 5.26. The zero-order valence-electron chi connectivity index (χ0n) is 10.2. The van der Waals surface area contributed by atoms with Gasteiger partial charge in [0.25, 0.3) is 0 Å². The fourth-order valence-electron chi connectivity index (χ4n) is 1.29. The fourth-order valence-corrected chi connectivity index (χ4v) is 2.48. The largest absolute Gasteiger partial charge is 0.395 e. The average Bonchev–Trinajstić information content (AvgIpc) is 2.58. The van der Waals surface area contributed by atoms with Gasteiger partial charge in [-0.05, 0) is 12.3 Å². The highest BCUT2D eigenvalue weighted by atomic mass is 32.2. The smallest absolute Gasteiger partial charge is 0.208 e. The Morgan fingerprint density at radius 1 is 1.50 bits per heavy atom. The van der Waals surface area contributed by atoms with Crippen molar-refractivity contribution in [3.8, 4) is 0 Å². The monoisotopic (exact) mass is 244 g/mol. The van der Waals surface area contributed by atoms with E-state index >= 15 is 0 Å². The average molecular weight is 244 g/mol. The first-order chi connectivity index (χ1) is 7.34. The Balaban J connectivity index is 2.69. The van der Waals surface area contributed by atoms with E-state index in [2.05, 4.69) is 36.0 Å². The molecular formula is C10H20N4OS. The third kappa shape index (κ3) is 3.47. The fraction of sp³-hybridized carbons (Fsp3) is 0.800. The Hall–Kier alpha value is -0.590. The van der Waals surface area contributed by atoms with Gasteiger partial charge in [0.05, 0.1) is 11.9 Å². The van der Waals surface area contributed by atoms with Crippen LogP contribution >= 0.6 is 11.8 Å². The first-order valence-corrected chi connectivity index (χ1v) is 6.14. The minimum Gasteiger partial charge on any atom is -0.395 e. The molecule has 0 amide bonds. The Morgan fingerprint density at radius 2 is 2.12 bits per heavy atom. The minimum absolute atomic E-state index is 0.0245. The van der Waals surface area contributed by atoms with Gasteiger partial charge in [0.15, 0.2) is 0 Å². The van der Waals surface area contributed by atoms with Crippen LogP contribution in [0.3, 0.4) is 0 Å². The Bertz CT molecular complexity index is 334. The quantitative estimate of drug-likeness (QED) is 0.686. The molecule has 5 nitrogen and oxygen atoms in total. The minimum atomic E-state index is -0.110. The second kappa shape index (κ2) is 5.16. The normalized spacial score (nSPS) is 16.1. The number of rotatable bonds is 4. The van der Waals surface area contributed by atoms with Crippen LogP contribution in [0.25, 0.3) is 0 Å². The predicted molar refractivity (Wildman–Crippen MR) is 65.3 cm³/mol. The van der Waals surface area contributed by atoms with E-state index in [9.17, 15) is 5.11 Å². The van der Waals surface area contributed by atoms with Gasteiger partial charge < -0.3 is 10.8 Å². The number of aryl methyl sites for hydroxylation is 1. The molecule has 0 saturated carbocycles. The molecule has 1 aromatic heterocycles. The van der Waals surface area contributed by atoms with Crippen molar-refractivity contribution >= 4 is 11.8 Å². The molecule has 0 radical (unpaired) electrons. The molecule has 92 valence electrons. The molecular weight excluding hydrogens is 224 g/mol. The molecule has 2 atom stereocenters. The molecule has 2 unspecified atom stereocenters. The van der Waals surface area contributed by atoms with Gasteiger partial charge in [-0.2, -0.15) is 0 Å². The lowest BCUT2D eigenvalue weighted by Gasteiger charge is -2.32. The lowest BCUT2D eigenvalue weighted by Crippen LogP contribution is -2.45. The number of nitrogens with zero attached hydrogens (tertiary/aromatic N) is 2. The number of aliphatic hydroxyl groups excluding tert-OH is 1. The van der Waals surface area contributed by atoms with Gasteiger partial charge >= 0.3 is 0 Å². The number of nitrogens with one attached hydrogen (secondary N) is 1. The summed E-state index contributed by atoms with van der Waals surface area (Å²) in [5.74, 6) is 0.767. The molecule has 0 aliphatic carbocycles. The molecule has 1 aromatic rings. The number of aromatic amines is 1. The zero-order valence-corrected chi connectivity index (χ0v) is 11.0. The van der Waals surface area contributed by atoms with E-state index in [0.717, 1.165) is 5.82 Å². The van der Waals surface area contributed by atoms with Crippen molar-refractivity contribution in [3.05, 3.63) is 5.82 Å². The molecule has 16 heavy (non-hydrogen) atoms. The number of hydrogen-bond donors (Lipinski definition) is 3. The maximum absolute atomic E-state index is 9.36. The Kier molecular flexibility index (Phi) is 4.35. The number of nitrogens with two attached hydrogens (primary N) is 1. The van der Waals surface area contributed by atoms with Crippen molar-refractivity contribution in [1.29, 1.82) is 0 Å². The summed E-state index contributed by atoms with van der Waals surface area (Å²) in [5.41, 5.74) is 6.06. The van der Waals surface area contributed by atoms with E-state index in [4.69, 9.17) is 5.73 Å². The summed E-state index contributed by atoms with van der Waals surface area (Å²) in [4.78, 5) is 4.19. The highest BCUT2D eigenvalue weighted by molar-refractivity contribution is 7.99. The summed E-state index contributed by atoms with van der Waals surface area (Å²) in [5, 5.41) is 16.7. The van der Waals surface area contributed by atoms with Gasteiger partial charge in [-0.3, -0.25) is 5.10 Å². The van der Waals surface area contributed by atoms with Crippen LogP contribution in [0.5, 0.6) is 0 Å². The van der Waals surface area contributed by atoms with Crippen LogP contribution in [-0.2, 0) is 0 Å². The van der Waals surface area contributed by atoms with E-state index in [-0.39, 0.29) is 23.3 Å². The van der Waals surface area contributed by atoms with Crippen molar-refractivity contribution in [2.45, 2.75) is 44.1 Å². The number of aromatic nitrogens is 3. The van der Waals surface area contributed by atoms with Gasteiger partial charge in [-0.25, -0.2) is 4.98 Å². The summed E-state index contributed by atoms with van der Waals surface area (Å²) >= 11 is 1.42. The highest BCUT2D eigenvalue weighted by Gasteiger charge is 2.30. The lowest BCUT2D eigenvalue weighted by molar-refractivity contribution is 0.233. The predicted octanol–water partition coefficient (Wildman–Crippen LogP) is 0.940. The molecule has 0 fully saturated rings. The topological polar surface area (TPSA) is 87.8 Å². The van der Waals surface area contributed by atoms with Crippen molar-refractivity contribution in [1.82, 2.24) is 15.2 Å². The molecule has 0 aromatic carbocycles.